The highest BCUT2D eigenvalue weighted by Gasteiger charge is 2.18. The second-order valence-electron chi connectivity index (χ2n) is 5.76. The van der Waals surface area contributed by atoms with E-state index in [1.165, 1.54) is 36.8 Å². The third-order valence-electron chi connectivity index (χ3n) is 4.37. The maximum atomic E-state index is 3.78. The minimum absolute atomic E-state index is 0.456. The van der Waals surface area contributed by atoms with Crippen LogP contribution in [-0.2, 0) is 0 Å². The first-order valence-electron chi connectivity index (χ1n) is 7.77. The lowest BCUT2D eigenvalue weighted by Crippen LogP contribution is -2.30. The number of hydrogen-bond donors (Lipinski definition) is 1. The molecule has 0 spiro atoms. The van der Waals surface area contributed by atoms with Crippen molar-refractivity contribution in [1.29, 1.82) is 0 Å². The summed E-state index contributed by atoms with van der Waals surface area (Å²) in [5, 5.41) is 3.78. The Bertz CT molecular complexity index is 460. The van der Waals surface area contributed by atoms with E-state index in [-0.39, 0.29) is 0 Å². The van der Waals surface area contributed by atoms with Gasteiger partial charge in [0.05, 0.1) is 0 Å². The molecule has 1 saturated carbocycles. The molecule has 1 N–H and O–H groups in total. The predicted molar refractivity (Wildman–Crippen MR) is 85.0 cm³/mol. The quantitative estimate of drug-likeness (QED) is 0.847. The zero-order chi connectivity index (χ0) is 13.6. The van der Waals surface area contributed by atoms with Gasteiger partial charge in [-0.1, -0.05) is 73.5 Å². The van der Waals surface area contributed by atoms with Gasteiger partial charge < -0.3 is 5.32 Å². The second kappa shape index (κ2) is 6.71. The molecule has 0 bridgehead atoms. The molecular weight excluding hydrogens is 242 g/mol. The molecule has 1 aliphatic carbocycles. The summed E-state index contributed by atoms with van der Waals surface area (Å²) in [6.07, 6.45) is 5.46. The van der Waals surface area contributed by atoms with Crippen molar-refractivity contribution in [2.24, 2.45) is 0 Å². The van der Waals surface area contributed by atoms with Gasteiger partial charge in [0.2, 0.25) is 0 Å². The molecule has 0 aliphatic heterocycles. The molecule has 1 aliphatic rings. The molecule has 20 heavy (non-hydrogen) atoms. The van der Waals surface area contributed by atoms with Crippen molar-refractivity contribution in [2.45, 2.75) is 37.6 Å². The SMILES string of the molecule is c1ccc(C(CNC2CCCC2)c2ccccc2)cc1. The average molecular weight is 265 g/mol. The maximum absolute atomic E-state index is 3.78. The van der Waals surface area contributed by atoms with Crippen molar-refractivity contribution < 1.29 is 0 Å². The molecule has 3 rings (SSSR count). The molecule has 1 nitrogen and oxygen atoms in total. The molecular formula is C19H23N. The van der Waals surface area contributed by atoms with Crippen LogP contribution in [0.3, 0.4) is 0 Å². The summed E-state index contributed by atoms with van der Waals surface area (Å²) in [5.74, 6) is 0.456. The molecule has 0 amide bonds. The van der Waals surface area contributed by atoms with E-state index in [1.54, 1.807) is 0 Å². The van der Waals surface area contributed by atoms with Crippen LogP contribution in [0.4, 0.5) is 0 Å². The van der Waals surface area contributed by atoms with E-state index in [4.69, 9.17) is 0 Å². The molecule has 1 heteroatoms. The van der Waals surface area contributed by atoms with Crippen LogP contribution in [0, 0.1) is 0 Å². The summed E-state index contributed by atoms with van der Waals surface area (Å²) in [6, 6.07) is 22.4. The van der Waals surface area contributed by atoms with Gasteiger partial charge in [0, 0.05) is 18.5 Å². The normalized spacial score (nSPS) is 15.8. The van der Waals surface area contributed by atoms with E-state index in [0.717, 1.165) is 12.6 Å². The summed E-state index contributed by atoms with van der Waals surface area (Å²) in [4.78, 5) is 0. The van der Waals surface area contributed by atoms with Crippen LogP contribution in [0.5, 0.6) is 0 Å². The van der Waals surface area contributed by atoms with Crippen molar-refractivity contribution >= 4 is 0 Å². The summed E-state index contributed by atoms with van der Waals surface area (Å²) < 4.78 is 0. The van der Waals surface area contributed by atoms with Gasteiger partial charge >= 0.3 is 0 Å². The maximum Gasteiger partial charge on any atom is 0.0214 e. The highest BCUT2D eigenvalue weighted by Crippen LogP contribution is 2.25. The summed E-state index contributed by atoms with van der Waals surface area (Å²) in [6.45, 7) is 1.04. The van der Waals surface area contributed by atoms with Gasteiger partial charge in [0.25, 0.3) is 0 Å². The van der Waals surface area contributed by atoms with Crippen LogP contribution in [0.25, 0.3) is 0 Å². The van der Waals surface area contributed by atoms with E-state index >= 15 is 0 Å². The van der Waals surface area contributed by atoms with Gasteiger partial charge in [0.1, 0.15) is 0 Å². The Labute approximate surface area is 122 Å². The first-order chi connectivity index (χ1) is 9.93. The Morgan fingerprint density at radius 2 is 1.30 bits per heavy atom. The fraction of sp³-hybridized carbons (Fsp3) is 0.368. The fourth-order valence-electron chi connectivity index (χ4n) is 3.21. The Morgan fingerprint density at radius 1 is 0.800 bits per heavy atom. The van der Waals surface area contributed by atoms with E-state index in [0.29, 0.717) is 5.92 Å². The highest BCUT2D eigenvalue weighted by molar-refractivity contribution is 5.32. The van der Waals surface area contributed by atoms with Crippen molar-refractivity contribution in [3.8, 4) is 0 Å². The molecule has 2 aromatic carbocycles. The van der Waals surface area contributed by atoms with Crippen LogP contribution in [-0.4, -0.2) is 12.6 Å². The van der Waals surface area contributed by atoms with Crippen LogP contribution in [0.2, 0.25) is 0 Å². The molecule has 2 aromatic rings. The third-order valence-corrected chi connectivity index (χ3v) is 4.37. The van der Waals surface area contributed by atoms with Crippen molar-refractivity contribution in [3.63, 3.8) is 0 Å². The third kappa shape index (κ3) is 3.29. The van der Waals surface area contributed by atoms with Crippen molar-refractivity contribution in [3.05, 3.63) is 71.8 Å². The van der Waals surface area contributed by atoms with Crippen molar-refractivity contribution in [2.75, 3.05) is 6.54 Å². The lowest BCUT2D eigenvalue weighted by Gasteiger charge is -2.21. The Morgan fingerprint density at radius 3 is 1.80 bits per heavy atom. The zero-order valence-electron chi connectivity index (χ0n) is 12.0. The predicted octanol–water partition coefficient (Wildman–Crippen LogP) is 4.35. The number of nitrogens with one attached hydrogen (secondary N) is 1. The molecule has 0 radical (unpaired) electrons. The molecule has 0 saturated heterocycles. The van der Waals surface area contributed by atoms with Gasteiger partial charge in [-0.2, -0.15) is 0 Å². The summed E-state index contributed by atoms with van der Waals surface area (Å²) in [7, 11) is 0. The number of benzene rings is 2. The highest BCUT2D eigenvalue weighted by atomic mass is 14.9. The van der Waals surface area contributed by atoms with Crippen LogP contribution in [0.15, 0.2) is 60.7 Å². The van der Waals surface area contributed by atoms with Crippen molar-refractivity contribution in [1.82, 2.24) is 5.32 Å². The molecule has 0 atom stereocenters. The molecule has 0 heterocycles. The lowest BCUT2D eigenvalue weighted by molar-refractivity contribution is 0.508. The molecule has 1 fully saturated rings. The Hall–Kier alpha value is -1.60. The van der Waals surface area contributed by atoms with Gasteiger partial charge in [-0.15, -0.1) is 0 Å². The largest absolute Gasteiger partial charge is 0.313 e. The minimum atomic E-state index is 0.456. The second-order valence-corrected chi connectivity index (χ2v) is 5.76. The van der Waals surface area contributed by atoms with Gasteiger partial charge in [-0.25, -0.2) is 0 Å². The van der Waals surface area contributed by atoms with Crippen LogP contribution >= 0.6 is 0 Å². The molecule has 0 aromatic heterocycles. The van der Waals surface area contributed by atoms with Gasteiger partial charge in [-0.05, 0) is 24.0 Å². The van der Waals surface area contributed by atoms with E-state index in [9.17, 15) is 0 Å². The first-order valence-corrected chi connectivity index (χ1v) is 7.77. The smallest absolute Gasteiger partial charge is 0.0214 e. The van der Waals surface area contributed by atoms with Crippen LogP contribution in [0.1, 0.15) is 42.7 Å². The lowest BCUT2D eigenvalue weighted by atomic mass is 9.91. The molecule has 0 unspecified atom stereocenters. The van der Waals surface area contributed by atoms with E-state index in [1.807, 2.05) is 0 Å². The number of rotatable bonds is 5. The van der Waals surface area contributed by atoms with Gasteiger partial charge in [-0.3, -0.25) is 0 Å². The molecule has 104 valence electrons. The Kier molecular flexibility index (Phi) is 4.49. The summed E-state index contributed by atoms with van der Waals surface area (Å²) in [5.41, 5.74) is 2.81. The van der Waals surface area contributed by atoms with E-state index in [2.05, 4.69) is 66.0 Å². The Balaban J connectivity index is 1.76. The zero-order valence-corrected chi connectivity index (χ0v) is 12.0. The van der Waals surface area contributed by atoms with E-state index < -0.39 is 0 Å². The van der Waals surface area contributed by atoms with Crippen LogP contribution < -0.4 is 5.32 Å². The number of hydrogen-bond acceptors (Lipinski definition) is 1. The fourth-order valence-corrected chi connectivity index (χ4v) is 3.21. The average Bonchev–Trinajstić information content (AvgIpc) is 3.03. The monoisotopic (exact) mass is 265 g/mol. The standard InChI is InChI=1S/C19H23N/c1-3-9-16(10-4-1)19(17-11-5-2-6-12-17)15-20-18-13-7-8-14-18/h1-6,9-12,18-20H,7-8,13-15H2. The minimum Gasteiger partial charge on any atom is -0.313 e. The summed E-state index contributed by atoms with van der Waals surface area (Å²) >= 11 is 0. The van der Waals surface area contributed by atoms with Gasteiger partial charge in [0.15, 0.2) is 0 Å². The topological polar surface area (TPSA) is 12.0 Å². The first kappa shape index (κ1) is 13.4.